The van der Waals surface area contributed by atoms with E-state index >= 15 is 0 Å². The minimum atomic E-state index is -0.135. The van der Waals surface area contributed by atoms with Crippen LogP contribution in [0.3, 0.4) is 0 Å². The summed E-state index contributed by atoms with van der Waals surface area (Å²) in [6, 6.07) is 13.9. The van der Waals surface area contributed by atoms with Gasteiger partial charge < -0.3 is 9.88 Å². The number of hydrogen-bond donors (Lipinski definition) is 1. The Morgan fingerprint density at radius 1 is 1.00 bits per heavy atom. The summed E-state index contributed by atoms with van der Waals surface area (Å²) in [4.78, 5) is 16.9. The number of hydrogen-bond acceptors (Lipinski definition) is 2. The predicted molar refractivity (Wildman–Crippen MR) is 96.9 cm³/mol. The molecular formula is C20H21N3O. The highest BCUT2D eigenvalue weighted by Crippen LogP contribution is 2.24. The highest BCUT2D eigenvalue weighted by Gasteiger charge is 2.18. The molecule has 2 aromatic heterocycles. The third kappa shape index (κ3) is 2.83. The number of nitrogens with zero attached hydrogens (tertiary/aromatic N) is 2. The smallest absolute Gasteiger partial charge is 0.258 e. The molecule has 3 aromatic rings. The molecule has 0 atom stereocenters. The summed E-state index contributed by atoms with van der Waals surface area (Å²) in [6.07, 6.45) is 1.68. The minimum Gasteiger partial charge on any atom is -0.317 e. The Hall–Kier alpha value is -2.88. The number of nitrogens with one attached hydrogen (secondary N) is 1. The van der Waals surface area contributed by atoms with Crippen LogP contribution in [0.15, 0.2) is 48.7 Å². The normalized spacial score (nSPS) is 10.7. The molecule has 0 fully saturated rings. The van der Waals surface area contributed by atoms with Crippen molar-refractivity contribution in [3.63, 3.8) is 0 Å². The van der Waals surface area contributed by atoms with Crippen molar-refractivity contribution in [1.82, 2.24) is 9.55 Å². The van der Waals surface area contributed by atoms with Gasteiger partial charge in [-0.2, -0.15) is 0 Å². The number of aryl methyl sites for hydroxylation is 3. The van der Waals surface area contributed by atoms with Crippen LogP contribution in [0, 0.1) is 27.7 Å². The second-order valence-electron chi connectivity index (χ2n) is 6.03. The van der Waals surface area contributed by atoms with Gasteiger partial charge in [0.15, 0.2) is 0 Å². The van der Waals surface area contributed by atoms with Gasteiger partial charge in [0.2, 0.25) is 0 Å². The lowest BCUT2D eigenvalue weighted by atomic mass is 10.2. The average molecular weight is 319 g/mol. The number of rotatable bonds is 3. The van der Waals surface area contributed by atoms with Crippen molar-refractivity contribution >= 4 is 11.7 Å². The van der Waals surface area contributed by atoms with E-state index in [2.05, 4.69) is 33.9 Å². The Bertz CT molecular complexity index is 909. The van der Waals surface area contributed by atoms with Crippen LogP contribution in [0.2, 0.25) is 0 Å². The lowest BCUT2D eigenvalue weighted by Crippen LogP contribution is -2.15. The summed E-state index contributed by atoms with van der Waals surface area (Å²) in [5.41, 5.74) is 5.84. The molecule has 0 unspecified atom stereocenters. The van der Waals surface area contributed by atoms with E-state index in [0.29, 0.717) is 11.4 Å². The van der Waals surface area contributed by atoms with Crippen LogP contribution in [-0.4, -0.2) is 15.5 Å². The van der Waals surface area contributed by atoms with E-state index in [9.17, 15) is 4.79 Å². The maximum Gasteiger partial charge on any atom is 0.258 e. The van der Waals surface area contributed by atoms with E-state index in [1.807, 2.05) is 51.1 Å². The summed E-state index contributed by atoms with van der Waals surface area (Å²) in [5, 5.41) is 2.91. The van der Waals surface area contributed by atoms with Crippen molar-refractivity contribution < 1.29 is 4.79 Å². The maximum atomic E-state index is 12.7. The topological polar surface area (TPSA) is 46.9 Å². The highest BCUT2D eigenvalue weighted by atomic mass is 16.1. The molecule has 24 heavy (non-hydrogen) atoms. The van der Waals surface area contributed by atoms with Crippen LogP contribution in [-0.2, 0) is 0 Å². The van der Waals surface area contributed by atoms with Gasteiger partial charge in [-0.05, 0) is 57.0 Å². The average Bonchev–Trinajstić information content (AvgIpc) is 2.85. The first kappa shape index (κ1) is 16.0. The van der Waals surface area contributed by atoms with Crippen LogP contribution in [0.1, 0.15) is 32.9 Å². The summed E-state index contributed by atoms with van der Waals surface area (Å²) < 4.78 is 2.12. The SMILES string of the molecule is Cc1ccccc1-n1c(C)cc(C(=O)Nc2ncccc2C)c1C. The zero-order valence-electron chi connectivity index (χ0n) is 14.4. The molecular weight excluding hydrogens is 298 g/mol. The van der Waals surface area contributed by atoms with Crippen molar-refractivity contribution in [2.45, 2.75) is 27.7 Å². The molecule has 0 aliphatic heterocycles. The van der Waals surface area contributed by atoms with Crippen molar-refractivity contribution in [1.29, 1.82) is 0 Å². The number of para-hydroxylation sites is 1. The van der Waals surface area contributed by atoms with Crippen molar-refractivity contribution in [3.05, 3.63) is 76.7 Å². The van der Waals surface area contributed by atoms with Gasteiger partial charge in [0.1, 0.15) is 5.82 Å². The van der Waals surface area contributed by atoms with Crippen LogP contribution in [0.4, 0.5) is 5.82 Å². The van der Waals surface area contributed by atoms with Crippen molar-refractivity contribution in [3.8, 4) is 5.69 Å². The van der Waals surface area contributed by atoms with Gasteiger partial charge in [-0.15, -0.1) is 0 Å². The monoisotopic (exact) mass is 319 g/mol. The molecule has 1 amide bonds. The van der Waals surface area contributed by atoms with Crippen LogP contribution in [0.5, 0.6) is 0 Å². The quantitative estimate of drug-likeness (QED) is 0.780. The molecule has 3 rings (SSSR count). The molecule has 0 bridgehead atoms. The maximum absolute atomic E-state index is 12.7. The number of amides is 1. The first-order valence-corrected chi connectivity index (χ1v) is 7.97. The molecule has 2 heterocycles. The summed E-state index contributed by atoms with van der Waals surface area (Å²) in [5.74, 6) is 0.466. The molecule has 0 aliphatic rings. The largest absolute Gasteiger partial charge is 0.317 e. The van der Waals surface area contributed by atoms with Crippen LogP contribution >= 0.6 is 0 Å². The Kier molecular flexibility index (Phi) is 4.21. The Balaban J connectivity index is 1.99. The van der Waals surface area contributed by atoms with E-state index in [4.69, 9.17) is 0 Å². The standard InChI is InChI=1S/C20H21N3O/c1-13-8-5-6-10-18(13)23-15(3)12-17(16(23)4)20(24)22-19-14(2)9-7-11-21-19/h5-12H,1-4H3,(H,21,22,24). The first-order valence-electron chi connectivity index (χ1n) is 7.97. The van der Waals surface area contributed by atoms with Crippen molar-refractivity contribution in [2.75, 3.05) is 5.32 Å². The number of pyridine rings is 1. The van der Waals surface area contributed by atoms with Gasteiger partial charge in [0, 0.05) is 23.3 Å². The lowest BCUT2D eigenvalue weighted by molar-refractivity contribution is 0.102. The summed E-state index contributed by atoms with van der Waals surface area (Å²) in [6.45, 7) is 7.99. The molecule has 1 aromatic carbocycles. The fraction of sp³-hybridized carbons (Fsp3) is 0.200. The molecule has 0 aliphatic carbocycles. The Morgan fingerprint density at radius 3 is 2.42 bits per heavy atom. The molecule has 4 heteroatoms. The van der Waals surface area contributed by atoms with Gasteiger partial charge in [-0.25, -0.2) is 4.98 Å². The van der Waals surface area contributed by atoms with E-state index in [1.165, 1.54) is 5.56 Å². The molecule has 1 N–H and O–H groups in total. The van der Waals surface area contributed by atoms with Gasteiger partial charge in [-0.1, -0.05) is 24.3 Å². The van der Waals surface area contributed by atoms with E-state index in [-0.39, 0.29) is 5.91 Å². The molecule has 0 saturated carbocycles. The van der Waals surface area contributed by atoms with E-state index in [0.717, 1.165) is 22.6 Å². The van der Waals surface area contributed by atoms with Crippen LogP contribution < -0.4 is 5.32 Å². The summed E-state index contributed by atoms with van der Waals surface area (Å²) in [7, 11) is 0. The van der Waals surface area contributed by atoms with Crippen LogP contribution in [0.25, 0.3) is 5.69 Å². The first-order chi connectivity index (χ1) is 11.5. The Morgan fingerprint density at radius 2 is 1.71 bits per heavy atom. The molecule has 4 nitrogen and oxygen atoms in total. The molecule has 0 saturated heterocycles. The van der Waals surface area contributed by atoms with Gasteiger partial charge in [0.25, 0.3) is 5.91 Å². The molecule has 0 radical (unpaired) electrons. The van der Waals surface area contributed by atoms with E-state index in [1.54, 1.807) is 6.20 Å². The third-order valence-corrected chi connectivity index (χ3v) is 4.27. The third-order valence-electron chi connectivity index (χ3n) is 4.27. The molecule has 0 spiro atoms. The second-order valence-corrected chi connectivity index (χ2v) is 6.03. The van der Waals surface area contributed by atoms with Gasteiger partial charge >= 0.3 is 0 Å². The zero-order valence-corrected chi connectivity index (χ0v) is 14.4. The number of aromatic nitrogens is 2. The second kappa shape index (κ2) is 6.32. The Labute approximate surface area is 142 Å². The number of carbonyl (C=O) groups is 1. The number of anilines is 1. The summed E-state index contributed by atoms with van der Waals surface area (Å²) >= 11 is 0. The minimum absolute atomic E-state index is 0.135. The number of benzene rings is 1. The fourth-order valence-electron chi connectivity index (χ4n) is 2.97. The fourth-order valence-corrected chi connectivity index (χ4v) is 2.97. The van der Waals surface area contributed by atoms with Crippen molar-refractivity contribution in [2.24, 2.45) is 0 Å². The molecule has 122 valence electrons. The van der Waals surface area contributed by atoms with Gasteiger partial charge in [-0.3, -0.25) is 4.79 Å². The lowest BCUT2D eigenvalue weighted by Gasteiger charge is -2.13. The predicted octanol–water partition coefficient (Wildman–Crippen LogP) is 4.36. The number of carbonyl (C=O) groups excluding carboxylic acids is 1. The van der Waals surface area contributed by atoms with E-state index < -0.39 is 0 Å². The van der Waals surface area contributed by atoms with Gasteiger partial charge in [0.05, 0.1) is 5.56 Å². The zero-order chi connectivity index (χ0) is 17.3. The highest BCUT2D eigenvalue weighted by molar-refractivity contribution is 6.05.